The normalized spacial score (nSPS) is 20.8. The lowest BCUT2D eigenvalue weighted by atomic mass is 10.1. The van der Waals surface area contributed by atoms with Gasteiger partial charge >= 0.3 is 17.6 Å². The van der Waals surface area contributed by atoms with Crippen LogP contribution in [0.4, 0.5) is 0 Å². The zero-order chi connectivity index (χ0) is 22.4. The highest BCUT2D eigenvalue weighted by atomic mass is 16.6. The summed E-state index contributed by atoms with van der Waals surface area (Å²) in [7, 11) is 0. The maximum Gasteiger partial charge on any atom is 0.336 e. The molecule has 3 heterocycles. The fourth-order valence-electron chi connectivity index (χ4n) is 4.42. The monoisotopic (exact) mass is 435 g/mol. The van der Waals surface area contributed by atoms with Gasteiger partial charge < -0.3 is 23.2 Å². The zero-order valence-electron chi connectivity index (χ0n) is 17.6. The topological polar surface area (TPSA) is 97.0 Å². The molecule has 1 saturated heterocycles. The van der Waals surface area contributed by atoms with Gasteiger partial charge in [0, 0.05) is 48.6 Å². The number of fused-ring (bicyclic) bond motifs is 4. The van der Waals surface area contributed by atoms with Crippen molar-refractivity contribution in [2.75, 3.05) is 6.61 Å². The van der Waals surface area contributed by atoms with Crippen LogP contribution in [0, 0.1) is 0 Å². The van der Waals surface area contributed by atoms with Crippen molar-refractivity contribution >= 4 is 44.7 Å². The van der Waals surface area contributed by atoms with Crippen molar-refractivity contribution in [3.8, 4) is 0 Å². The van der Waals surface area contributed by atoms with Crippen molar-refractivity contribution in [3.63, 3.8) is 0 Å². The molecule has 164 valence electrons. The fraction of sp³-hybridized carbons (Fsp3) is 0.292. The van der Waals surface area contributed by atoms with Crippen LogP contribution in [-0.2, 0) is 23.8 Å². The van der Waals surface area contributed by atoms with E-state index in [4.69, 9.17) is 18.6 Å². The number of ether oxygens (including phenoxy) is 3. The zero-order valence-corrected chi connectivity index (χ0v) is 17.6. The highest BCUT2D eigenvalue weighted by molar-refractivity contribution is 6.12. The van der Waals surface area contributed by atoms with Crippen molar-refractivity contribution < 1.29 is 28.2 Å². The smallest absolute Gasteiger partial charge is 0.336 e. The van der Waals surface area contributed by atoms with Gasteiger partial charge in [-0.1, -0.05) is 18.2 Å². The molecule has 0 spiro atoms. The maximum absolute atomic E-state index is 11.8. The third kappa shape index (κ3) is 3.52. The summed E-state index contributed by atoms with van der Waals surface area (Å²) in [5, 5.41) is 2.82. The van der Waals surface area contributed by atoms with Crippen molar-refractivity contribution in [1.82, 2.24) is 4.57 Å². The number of aromatic nitrogens is 1. The Morgan fingerprint density at radius 3 is 2.62 bits per heavy atom. The van der Waals surface area contributed by atoms with Crippen LogP contribution in [-0.4, -0.2) is 35.3 Å². The molecule has 1 aliphatic rings. The molecule has 3 atom stereocenters. The van der Waals surface area contributed by atoms with E-state index in [1.807, 2.05) is 41.0 Å². The summed E-state index contributed by atoms with van der Waals surface area (Å²) in [6, 6.07) is 14.9. The molecule has 1 fully saturated rings. The molecule has 0 N–H and O–H groups in total. The molecule has 0 amide bonds. The van der Waals surface area contributed by atoms with E-state index in [1.54, 1.807) is 6.07 Å². The second-order valence-electron chi connectivity index (χ2n) is 7.86. The fourth-order valence-corrected chi connectivity index (χ4v) is 4.42. The molecule has 0 aliphatic carbocycles. The quantitative estimate of drug-likeness (QED) is 0.356. The molecule has 0 radical (unpaired) electrons. The average Bonchev–Trinajstić information content (AvgIpc) is 3.28. The first kappa shape index (κ1) is 20.3. The number of carbonyl (C=O) groups excluding carboxylic acids is 2. The summed E-state index contributed by atoms with van der Waals surface area (Å²) < 4.78 is 24.3. The van der Waals surface area contributed by atoms with E-state index < -0.39 is 36.0 Å². The van der Waals surface area contributed by atoms with Crippen molar-refractivity contribution in [2.45, 2.75) is 38.7 Å². The Hall–Kier alpha value is -3.65. The predicted octanol–water partition coefficient (Wildman–Crippen LogP) is 3.68. The SMILES string of the molecule is CC(=O)OCC1O[C@@H](n2c3ccccc3c3cc4ccc(=O)oc4cc32)C[C@H]1OC(C)=O. The Balaban J connectivity index is 1.65. The van der Waals surface area contributed by atoms with Gasteiger partial charge in [-0.3, -0.25) is 9.59 Å². The van der Waals surface area contributed by atoms with Crippen LogP contribution in [0.1, 0.15) is 26.5 Å². The summed E-state index contributed by atoms with van der Waals surface area (Å²) in [4.78, 5) is 34.7. The van der Waals surface area contributed by atoms with Crippen molar-refractivity contribution in [3.05, 3.63) is 59.0 Å². The van der Waals surface area contributed by atoms with Gasteiger partial charge in [-0.15, -0.1) is 0 Å². The van der Waals surface area contributed by atoms with Gasteiger partial charge in [0.15, 0.2) is 0 Å². The molecule has 2 aromatic carbocycles. The Kier molecular flexibility index (Phi) is 4.94. The molecule has 1 aliphatic heterocycles. The van der Waals surface area contributed by atoms with Gasteiger partial charge in [0.25, 0.3) is 0 Å². The molecule has 0 saturated carbocycles. The van der Waals surface area contributed by atoms with Crippen LogP contribution in [0.15, 0.2) is 57.7 Å². The minimum Gasteiger partial charge on any atom is -0.463 e. The number of nitrogens with zero attached hydrogens (tertiary/aromatic N) is 1. The van der Waals surface area contributed by atoms with Crippen molar-refractivity contribution in [1.29, 1.82) is 0 Å². The standard InChI is InChI=1S/C24H21NO7/c1-13(26)29-12-22-21(30-14(2)27)11-23(31-22)25-18-6-4-3-5-16(18)17-9-15-7-8-24(28)32-20(15)10-19(17)25/h3-10,21-23H,11-12H2,1-2H3/t21-,22?,23-/m1/s1. The first-order chi connectivity index (χ1) is 15.4. The molecule has 1 unspecified atom stereocenters. The lowest BCUT2D eigenvalue weighted by Gasteiger charge is -2.18. The summed E-state index contributed by atoms with van der Waals surface area (Å²) in [5.74, 6) is -0.862. The van der Waals surface area contributed by atoms with Crippen LogP contribution in [0.3, 0.4) is 0 Å². The summed E-state index contributed by atoms with van der Waals surface area (Å²) in [6.45, 7) is 2.64. The predicted molar refractivity (Wildman–Crippen MR) is 116 cm³/mol. The van der Waals surface area contributed by atoms with Crippen LogP contribution >= 0.6 is 0 Å². The number of rotatable bonds is 4. The summed E-state index contributed by atoms with van der Waals surface area (Å²) in [5.41, 5.74) is 1.81. The lowest BCUT2D eigenvalue weighted by Crippen LogP contribution is -2.31. The molecule has 8 heteroatoms. The van der Waals surface area contributed by atoms with E-state index in [0.29, 0.717) is 12.0 Å². The summed E-state index contributed by atoms with van der Waals surface area (Å²) in [6.07, 6.45) is -1.25. The number of hydrogen-bond donors (Lipinski definition) is 0. The summed E-state index contributed by atoms with van der Waals surface area (Å²) >= 11 is 0. The Labute approximate surface area is 182 Å². The Morgan fingerprint density at radius 1 is 1.03 bits per heavy atom. The van der Waals surface area contributed by atoms with E-state index in [1.165, 1.54) is 19.9 Å². The molecule has 0 bridgehead atoms. The van der Waals surface area contributed by atoms with E-state index in [0.717, 1.165) is 27.2 Å². The minimum atomic E-state index is -0.595. The van der Waals surface area contributed by atoms with Gasteiger partial charge in [0.1, 0.15) is 30.6 Å². The van der Waals surface area contributed by atoms with Gasteiger partial charge in [-0.05, 0) is 18.2 Å². The first-order valence-electron chi connectivity index (χ1n) is 10.3. The second kappa shape index (κ2) is 7.80. The molecule has 4 aromatic rings. The van der Waals surface area contributed by atoms with Crippen LogP contribution in [0.25, 0.3) is 32.8 Å². The van der Waals surface area contributed by atoms with Gasteiger partial charge in [-0.2, -0.15) is 0 Å². The number of esters is 2. The molecule has 5 rings (SSSR count). The van der Waals surface area contributed by atoms with E-state index in [9.17, 15) is 14.4 Å². The average molecular weight is 435 g/mol. The van der Waals surface area contributed by atoms with E-state index >= 15 is 0 Å². The highest BCUT2D eigenvalue weighted by Gasteiger charge is 2.40. The molecular formula is C24H21NO7. The number of benzene rings is 2. The number of hydrogen-bond acceptors (Lipinski definition) is 7. The highest BCUT2D eigenvalue weighted by Crippen LogP contribution is 2.39. The minimum absolute atomic E-state index is 0.0152. The third-order valence-corrected chi connectivity index (χ3v) is 5.69. The first-order valence-corrected chi connectivity index (χ1v) is 10.3. The van der Waals surface area contributed by atoms with Gasteiger partial charge in [0.05, 0.1) is 11.0 Å². The van der Waals surface area contributed by atoms with Gasteiger partial charge in [-0.25, -0.2) is 4.79 Å². The molecular weight excluding hydrogens is 414 g/mol. The molecule has 32 heavy (non-hydrogen) atoms. The largest absolute Gasteiger partial charge is 0.463 e. The molecule has 2 aromatic heterocycles. The van der Waals surface area contributed by atoms with Crippen molar-refractivity contribution in [2.24, 2.45) is 0 Å². The van der Waals surface area contributed by atoms with Crippen LogP contribution in [0.5, 0.6) is 0 Å². The number of carbonyl (C=O) groups is 2. The lowest BCUT2D eigenvalue weighted by molar-refractivity contribution is -0.155. The number of para-hydroxylation sites is 1. The Morgan fingerprint density at radius 2 is 1.84 bits per heavy atom. The Bertz CT molecular complexity index is 1420. The van der Waals surface area contributed by atoms with E-state index in [2.05, 4.69) is 0 Å². The molecule has 8 nitrogen and oxygen atoms in total. The van der Waals surface area contributed by atoms with Crippen LogP contribution < -0.4 is 5.63 Å². The maximum atomic E-state index is 11.8. The van der Waals surface area contributed by atoms with Gasteiger partial charge in [0.2, 0.25) is 0 Å². The third-order valence-electron chi connectivity index (χ3n) is 5.69. The van der Waals surface area contributed by atoms with Crippen LogP contribution in [0.2, 0.25) is 0 Å². The van der Waals surface area contributed by atoms with E-state index in [-0.39, 0.29) is 6.61 Å². The second-order valence-corrected chi connectivity index (χ2v) is 7.86.